The Kier molecular flexibility index (Phi) is 4.00. The highest BCUT2D eigenvalue weighted by Crippen LogP contribution is 2.29. The number of benzene rings is 1. The van der Waals surface area contributed by atoms with E-state index < -0.39 is 0 Å². The fraction of sp³-hybridized carbons (Fsp3) is 0.385. The zero-order valence-corrected chi connectivity index (χ0v) is 12.1. The van der Waals surface area contributed by atoms with Gasteiger partial charge in [0.25, 0.3) is 0 Å². The molecule has 0 unspecified atom stereocenters. The fourth-order valence-electron chi connectivity index (χ4n) is 1.83. The first-order chi connectivity index (χ1) is 7.66. The van der Waals surface area contributed by atoms with Crippen molar-refractivity contribution in [1.82, 2.24) is 4.90 Å². The molecule has 0 radical (unpaired) electrons. The summed E-state index contributed by atoms with van der Waals surface area (Å²) in [6.45, 7) is 1.16. The largest absolute Gasteiger partial charge is 0.309 e. The maximum Gasteiger partial charge on any atom is 0.0346 e. The Hall–Kier alpha value is -0.380. The molecule has 0 fully saturated rings. The molecule has 1 heterocycles. The van der Waals surface area contributed by atoms with Gasteiger partial charge in [0.2, 0.25) is 0 Å². The molecule has 0 N–H and O–H groups in total. The Balaban J connectivity index is 2.15. The molecule has 86 valence electrons. The maximum absolute atomic E-state index is 3.54. The SMILES string of the molecule is CN(C)CCCc1csc2ccc(Br)cc12. The van der Waals surface area contributed by atoms with Gasteiger partial charge in [-0.25, -0.2) is 0 Å². The van der Waals surface area contributed by atoms with E-state index in [-0.39, 0.29) is 0 Å². The molecule has 1 nitrogen and oxygen atoms in total. The van der Waals surface area contributed by atoms with Crippen LogP contribution in [0.4, 0.5) is 0 Å². The van der Waals surface area contributed by atoms with E-state index in [2.05, 4.69) is 58.5 Å². The van der Waals surface area contributed by atoms with Crippen molar-refractivity contribution in [3.05, 3.63) is 33.6 Å². The van der Waals surface area contributed by atoms with Crippen LogP contribution >= 0.6 is 27.3 Å². The molecule has 0 aliphatic carbocycles. The van der Waals surface area contributed by atoms with Crippen molar-refractivity contribution in [2.75, 3.05) is 20.6 Å². The van der Waals surface area contributed by atoms with Gasteiger partial charge in [0.15, 0.2) is 0 Å². The van der Waals surface area contributed by atoms with Gasteiger partial charge < -0.3 is 4.90 Å². The van der Waals surface area contributed by atoms with Crippen molar-refractivity contribution in [1.29, 1.82) is 0 Å². The van der Waals surface area contributed by atoms with Gasteiger partial charge in [-0.2, -0.15) is 0 Å². The molecule has 2 aromatic rings. The Morgan fingerprint density at radius 3 is 2.88 bits per heavy atom. The highest BCUT2D eigenvalue weighted by molar-refractivity contribution is 9.10. The summed E-state index contributed by atoms with van der Waals surface area (Å²) in [6, 6.07) is 6.54. The molecule has 0 aliphatic heterocycles. The minimum atomic E-state index is 1.16. The summed E-state index contributed by atoms with van der Waals surface area (Å²) < 4.78 is 2.57. The second kappa shape index (κ2) is 5.30. The quantitative estimate of drug-likeness (QED) is 0.819. The average Bonchev–Trinajstić information content (AvgIpc) is 2.60. The number of nitrogens with zero attached hydrogens (tertiary/aromatic N) is 1. The first-order valence-electron chi connectivity index (χ1n) is 5.47. The van der Waals surface area contributed by atoms with Gasteiger partial charge in [0.1, 0.15) is 0 Å². The lowest BCUT2D eigenvalue weighted by Crippen LogP contribution is -2.13. The zero-order chi connectivity index (χ0) is 11.5. The minimum absolute atomic E-state index is 1.16. The molecule has 0 saturated carbocycles. The first-order valence-corrected chi connectivity index (χ1v) is 7.14. The average molecular weight is 298 g/mol. The van der Waals surface area contributed by atoms with E-state index in [0.29, 0.717) is 0 Å². The van der Waals surface area contributed by atoms with Crippen molar-refractivity contribution in [3.8, 4) is 0 Å². The van der Waals surface area contributed by atoms with E-state index in [0.717, 1.165) is 6.54 Å². The number of fused-ring (bicyclic) bond motifs is 1. The third kappa shape index (κ3) is 2.84. The number of thiophene rings is 1. The van der Waals surface area contributed by atoms with Gasteiger partial charge in [-0.1, -0.05) is 15.9 Å². The Morgan fingerprint density at radius 2 is 2.12 bits per heavy atom. The first kappa shape index (κ1) is 12.1. The van der Waals surface area contributed by atoms with Crippen LogP contribution in [-0.2, 0) is 6.42 Å². The van der Waals surface area contributed by atoms with Gasteiger partial charge in [-0.15, -0.1) is 11.3 Å². The molecule has 1 aromatic heterocycles. The molecule has 0 atom stereocenters. The van der Waals surface area contributed by atoms with E-state index in [4.69, 9.17) is 0 Å². The summed E-state index contributed by atoms with van der Waals surface area (Å²) >= 11 is 5.39. The number of halogens is 1. The third-order valence-corrected chi connectivity index (χ3v) is 4.17. The highest BCUT2D eigenvalue weighted by atomic mass is 79.9. The van der Waals surface area contributed by atoms with Crippen molar-refractivity contribution in [3.63, 3.8) is 0 Å². The molecule has 0 aliphatic rings. The van der Waals surface area contributed by atoms with Crippen LogP contribution in [0.5, 0.6) is 0 Å². The predicted octanol–water partition coefficient (Wildman–Crippen LogP) is 4.16. The van der Waals surface area contributed by atoms with Crippen LogP contribution in [0.1, 0.15) is 12.0 Å². The van der Waals surface area contributed by atoms with Crippen LogP contribution in [0.3, 0.4) is 0 Å². The number of rotatable bonds is 4. The monoisotopic (exact) mass is 297 g/mol. The second-order valence-electron chi connectivity index (χ2n) is 4.31. The van der Waals surface area contributed by atoms with E-state index >= 15 is 0 Å². The minimum Gasteiger partial charge on any atom is -0.309 e. The lowest BCUT2D eigenvalue weighted by Gasteiger charge is -2.08. The van der Waals surface area contributed by atoms with E-state index in [1.165, 1.54) is 33.0 Å². The van der Waals surface area contributed by atoms with Crippen molar-refractivity contribution >= 4 is 37.4 Å². The molecule has 3 heteroatoms. The molecule has 0 bridgehead atoms. The topological polar surface area (TPSA) is 3.24 Å². The van der Waals surface area contributed by atoms with Crippen molar-refractivity contribution < 1.29 is 0 Å². The standard InChI is InChI=1S/C13H16BrNS/c1-15(2)7-3-4-10-9-16-13-6-5-11(14)8-12(10)13/h5-6,8-9H,3-4,7H2,1-2H3. The Labute approximate surface area is 109 Å². The molecule has 0 spiro atoms. The molecular formula is C13H16BrNS. The van der Waals surface area contributed by atoms with Gasteiger partial charge in [0, 0.05) is 9.17 Å². The molecule has 16 heavy (non-hydrogen) atoms. The van der Waals surface area contributed by atoms with E-state index in [1.807, 2.05) is 11.3 Å². The number of hydrogen-bond acceptors (Lipinski definition) is 2. The van der Waals surface area contributed by atoms with E-state index in [1.54, 1.807) is 0 Å². The summed E-state index contributed by atoms with van der Waals surface area (Å²) in [4.78, 5) is 2.24. The smallest absolute Gasteiger partial charge is 0.0346 e. The lowest BCUT2D eigenvalue weighted by atomic mass is 10.1. The van der Waals surface area contributed by atoms with Gasteiger partial charge in [0.05, 0.1) is 0 Å². The van der Waals surface area contributed by atoms with Crippen molar-refractivity contribution in [2.45, 2.75) is 12.8 Å². The Morgan fingerprint density at radius 1 is 1.31 bits per heavy atom. The van der Waals surface area contributed by atoms with E-state index in [9.17, 15) is 0 Å². The molecule has 0 saturated heterocycles. The molecule has 2 rings (SSSR count). The van der Waals surface area contributed by atoms with Crippen LogP contribution in [0.25, 0.3) is 10.1 Å². The number of aryl methyl sites for hydroxylation is 1. The van der Waals surface area contributed by atoms with Gasteiger partial charge in [-0.05, 0) is 68.0 Å². The third-order valence-electron chi connectivity index (χ3n) is 2.67. The summed E-state index contributed by atoms with van der Waals surface area (Å²) in [5, 5.41) is 3.71. The summed E-state index contributed by atoms with van der Waals surface area (Å²) in [5.41, 5.74) is 1.49. The van der Waals surface area contributed by atoms with Crippen LogP contribution in [0.2, 0.25) is 0 Å². The fourth-order valence-corrected chi connectivity index (χ4v) is 3.17. The second-order valence-corrected chi connectivity index (χ2v) is 6.14. The zero-order valence-electron chi connectivity index (χ0n) is 9.66. The van der Waals surface area contributed by atoms with Crippen LogP contribution < -0.4 is 0 Å². The summed E-state index contributed by atoms with van der Waals surface area (Å²) in [7, 11) is 4.25. The number of hydrogen-bond donors (Lipinski definition) is 0. The molecule has 0 amide bonds. The van der Waals surface area contributed by atoms with Crippen molar-refractivity contribution in [2.24, 2.45) is 0 Å². The van der Waals surface area contributed by atoms with Crippen LogP contribution in [0, 0.1) is 0 Å². The van der Waals surface area contributed by atoms with Gasteiger partial charge >= 0.3 is 0 Å². The van der Waals surface area contributed by atoms with Crippen LogP contribution in [0.15, 0.2) is 28.1 Å². The predicted molar refractivity (Wildman–Crippen MR) is 76.4 cm³/mol. The summed E-state index contributed by atoms with van der Waals surface area (Å²) in [6.07, 6.45) is 2.40. The summed E-state index contributed by atoms with van der Waals surface area (Å²) in [5.74, 6) is 0. The Bertz CT molecular complexity index is 476. The molecule has 1 aromatic carbocycles. The molecular weight excluding hydrogens is 282 g/mol. The lowest BCUT2D eigenvalue weighted by molar-refractivity contribution is 0.400. The van der Waals surface area contributed by atoms with Gasteiger partial charge in [-0.3, -0.25) is 0 Å². The normalized spacial score (nSPS) is 11.5. The maximum atomic E-state index is 3.54. The highest BCUT2D eigenvalue weighted by Gasteiger charge is 2.04. The van der Waals surface area contributed by atoms with Crippen LogP contribution in [-0.4, -0.2) is 25.5 Å².